The molecule has 1 aliphatic rings. The van der Waals surface area contributed by atoms with Crippen LogP contribution < -0.4 is 15.4 Å². The minimum absolute atomic E-state index is 0.157. The second-order valence-corrected chi connectivity index (χ2v) is 5.86. The average molecular weight is 234 g/mol. The first-order valence-electron chi connectivity index (χ1n) is 6.21. The quantitative estimate of drug-likeness (QED) is 0.800. The smallest absolute Gasteiger partial charge is 0.145 e. The number of benzene rings is 1. The molecule has 0 aromatic heterocycles. The topological polar surface area (TPSA) is 38.5 Å². The fourth-order valence-corrected chi connectivity index (χ4v) is 2.35. The molecule has 0 saturated heterocycles. The average Bonchev–Trinajstić information content (AvgIpc) is 2.13. The van der Waals surface area contributed by atoms with Crippen molar-refractivity contribution in [3.63, 3.8) is 0 Å². The first kappa shape index (κ1) is 12.1. The van der Waals surface area contributed by atoms with E-state index in [1.807, 2.05) is 12.1 Å². The molecule has 17 heavy (non-hydrogen) atoms. The summed E-state index contributed by atoms with van der Waals surface area (Å²) in [6.45, 7) is 10.7. The molecule has 94 valence electrons. The van der Waals surface area contributed by atoms with Gasteiger partial charge in [-0.15, -0.1) is 0 Å². The van der Waals surface area contributed by atoms with Crippen LogP contribution in [-0.4, -0.2) is 18.7 Å². The fourth-order valence-electron chi connectivity index (χ4n) is 2.35. The van der Waals surface area contributed by atoms with Gasteiger partial charge in [-0.25, -0.2) is 0 Å². The molecule has 0 aliphatic carbocycles. The highest BCUT2D eigenvalue weighted by Gasteiger charge is 2.31. The van der Waals surface area contributed by atoms with E-state index in [9.17, 15) is 0 Å². The van der Waals surface area contributed by atoms with E-state index < -0.39 is 0 Å². The second-order valence-electron chi connectivity index (χ2n) is 5.86. The second kappa shape index (κ2) is 4.13. The maximum absolute atomic E-state index is 5.99. The lowest BCUT2D eigenvalue weighted by atomic mass is 10.0. The van der Waals surface area contributed by atoms with E-state index in [0.29, 0.717) is 5.92 Å². The van der Waals surface area contributed by atoms with Crippen LogP contribution in [0.1, 0.15) is 27.7 Å². The molecule has 2 rings (SSSR count). The molecule has 0 radical (unpaired) electrons. The molecule has 2 N–H and O–H groups in total. The van der Waals surface area contributed by atoms with E-state index in [2.05, 4.69) is 38.7 Å². The Hall–Kier alpha value is -1.38. The monoisotopic (exact) mass is 234 g/mol. The normalized spacial score (nSPS) is 17.8. The third-order valence-corrected chi connectivity index (χ3v) is 2.87. The third-order valence-electron chi connectivity index (χ3n) is 2.87. The molecule has 1 aromatic carbocycles. The molecule has 1 aliphatic heterocycles. The lowest BCUT2D eigenvalue weighted by Gasteiger charge is -2.41. The Kier molecular flexibility index (Phi) is 2.94. The molecule has 3 nitrogen and oxygen atoms in total. The van der Waals surface area contributed by atoms with Crippen molar-refractivity contribution in [2.45, 2.75) is 33.3 Å². The van der Waals surface area contributed by atoms with Crippen molar-refractivity contribution in [3.05, 3.63) is 18.2 Å². The fraction of sp³-hybridized carbons (Fsp3) is 0.571. The van der Waals surface area contributed by atoms with E-state index in [0.717, 1.165) is 30.2 Å². The summed E-state index contributed by atoms with van der Waals surface area (Å²) in [5.74, 6) is 1.54. The maximum atomic E-state index is 5.99. The van der Waals surface area contributed by atoms with Crippen LogP contribution >= 0.6 is 0 Å². The van der Waals surface area contributed by atoms with Crippen LogP contribution in [0.5, 0.6) is 5.75 Å². The molecule has 1 heterocycles. The Morgan fingerprint density at radius 3 is 2.76 bits per heavy atom. The van der Waals surface area contributed by atoms with Gasteiger partial charge in [0, 0.05) is 18.3 Å². The first-order valence-corrected chi connectivity index (χ1v) is 6.21. The number of anilines is 2. The van der Waals surface area contributed by atoms with Gasteiger partial charge >= 0.3 is 0 Å². The standard InChI is InChI=1S/C14H22N2O/c1-10(2)8-16-9-14(3,4)17-13-7-11(15)5-6-12(13)16/h5-7,10H,8-9,15H2,1-4H3. The van der Waals surface area contributed by atoms with Gasteiger partial charge in [0.15, 0.2) is 0 Å². The minimum atomic E-state index is -0.157. The highest BCUT2D eigenvalue weighted by Crippen LogP contribution is 2.38. The van der Waals surface area contributed by atoms with Crippen molar-refractivity contribution in [1.29, 1.82) is 0 Å². The van der Waals surface area contributed by atoms with Crippen LogP contribution in [0.25, 0.3) is 0 Å². The van der Waals surface area contributed by atoms with Crippen LogP contribution in [0.4, 0.5) is 11.4 Å². The molecule has 0 unspecified atom stereocenters. The van der Waals surface area contributed by atoms with Crippen LogP contribution in [0.15, 0.2) is 18.2 Å². The first-order chi connectivity index (χ1) is 7.87. The highest BCUT2D eigenvalue weighted by atomic mass is 16.5. The van der Waals surface area contributed by atoms with Crippen molar-refractivity contribution in [2.75, 3.05) is 23.7 Å². The zero-order valence-electron chi connectivity index (χ0n) is 11.2. The molecule has 0 fully saturated rings. The molecular weight excluding hydrogens is 212 g/mol. The van der Waals surface area contributed by atoms with E-state index >= 15 is 0 Å². The zero-order chi connectivity index (χ0) is 12.6. The molecule has 0 spiro atoms. The number of nitrogens with two attached hydrogens (primary N) is 1. The summed E-state index contributed by atoms with van der Waals surface area (Å²) in [6.07, 6.45) is 0. The summed E-state index contributed by atoms with van der Waals surface area (Å²) in [5.41, 5.74) is 7.58. The summed E-state index contributed by atoms with van der Waals surface area (Å²) in [7, 11) is 0. The van der Waals surface area contributed by atoms with Gasteiger partial charge in [0.05, 0.1) is 12.2 Å². The summed E-state index contributed by atoms with van der Waals surface area (Å²) in [4.78, 5) is 2.39. The number of ether oxygens (including phenoxy) is 1. The van der Waals surface area contributed by atoms with Crippen LogP contribution in [-0.2, 0) is 0 Å². The number of nitrogens with zero attached hydrogens (tertiary/aromatic N) is 1. The Labute approximate surface area is 104 Å². The van der Waals surface area contributed by atoms with Crippen molar-refractivity contribution in [3.8, 4) is 5.75 Å². The lowest BCUT2D eigenvalue weighted by molar-refractivity contribution is 0.104. The van der Waals surface area contributed by atoms with Crippen molar-refractivity contribution < 1.29 is 4.74 Å². The van der Waals surface area contributed by atoms with Gasteiger partial charge in [0.1, 0.15) is 11.4 Å². The third kappa shape index (κ3) is 2.65. The summed E-state index contributed by atoms with van der Waals surface area (Å²) in [6, 6.07) is 5.92. The SMILES string of the molecule is CC(C)CN1CC(C)(C)Oc2cc(N)ccc21. The minimum Gasteiger partial charge on any atom is -0.484 e. The predicted molar refractivity (Wildman–Crippen MR) is 72.6 cm³/mol. The molecule has 3 heteroatoms. The Bertz CT molecular complexity index is 413. The van der Waals surface area contributed by atoms with Crippen molar-refractivity contribution in [1.82, 2.24) is 0 Å². The van der Waals surface area contributed by atoms with E-state index in [1.165, 1.54) is 0 Å². The number of fused-ring (bicyclic) bond motifs is 1. The summed E-state index contributed by atoms with van der Waals surface area (Å²) in [5, 5.41) is 0. The Balaban J connectivity index is 2.36. The van der Waals surface area contributed by atoms with E-state index in [4.69, 9.17) is 10.5 Å². The molecule has 0 bridgehead atoms. The zero-order valence-corrected chi connectivity index (χ0v) is 11.2. The van der Waals surface area contributed by atoms with Gasteiger partial charge in [-0.2, -0.15) is 0 Å². The molecule has 0 amide bonds. The number of rotatable bonds is 2. The van der Waals surface area contributed by atoms with E-state index in [1.54, 1.807) is 0 Å². The lowest BCUT2D eigenvalue weighted by Crippen LogP contribution is -2.48. The largest absolute Gasteiger partial charge is 0.484 e. The van der Waals surface area contributed by atoms with Crippen molar-refractivity contribution >= 4 is 11.4 Å². The van der Waals surface area contributed by atoms with Gasteiger partial charge < -0.3 is 15.4 Å². The maximum Gasteiger partial charge on any atom is 0.145 e. The molecular formula is C14H22N2O. The Morgan fingerprint density at radius 1 is 1.41 bits per heavy atom. The van der Waals surface area contributed by atoms with Gasteiger partial charge in [-0.3, -0.25) is 0 Å². The Morgan fingerprint density at radius 2 is 2.12 bits per heavy atom. The number of nitrogen functional groups attached to an aromatic ring is 1. The molecule has 0 atom stereocenters. The molecule has 1 aromatic rings. The van der Waals surface area contributed by atoms with Crippen LogP contribution in [0.2, 0.25) is 0 Å². The summed E-state index contributed by atoms with van der Waals surface area (Å²) < 4.78 is 5.99. The molecule has 0 saturated carbocycles. The van der Waals surface area contributed by atoms with Crippen molar-refractivity contribution in [2.24, 2.45) is 5.92 Å². The summed E-state index contributed by atoms with van der Waals surface area (Å²) >= 11 is 0. The number of hydrogen-bond donors (Lipinski definition) is 1. The number of hydrogen-bond acceptors (Lipinski definition) is 3. The van der Waals surface area contributed by atoms with E-state index in [-0.39, 0.29) is 5.60 Å². The van der Waals surface area contributed by atoms with Crippen LogP contribution in [0.3, 0.4) is 0 Å². The van der Waals surface area contributed by atoms with Gasteiger partial charge in [-0.1, -0.05) is 13.8 Å². The van der Waals surface area contributed by atoms with Gasteiger partial charge in [0.25, 0.3) is 0 Å². The van der Waals surface area contributed by atoms with Crippen LogP contribution in [0, 0.1) is 5.92 Å². The predicted octanol–water partition coefficient (Wildman–Crippen LogP) is 2.90. The van der Waals surface area contributed by atoms with Gasteiger partial charge in [-0.05, 0) is 31.9 Å². The van der Waals surface area contributed by atoms with Gasteiger partial charge in [0.2, 0.25) is 0 Å². The highest BCUT2D eigenvalue weighted by molar-refractivity contribution is 5.65.